The monoisotopic (exact) mass is 284 g/mol. The van der Waals surface area contributed by atoms with Crippen LogP contribution in [0.1, 0.15) is 35.7 Å². The van der Waals surface area contributed by atoms with Crippen LogP contribution in [0.2, 0.25) is 0 Å². The van der Waals surface area contributed by atoms with Crippen LogP contribution in [0.4, 0.5) is 5.69 Å². The minimum absolute atomic E-state index is 0.0398. The van der Waals surface area contributed by atoms with E-state index in [1.807, 2.05) is 6.92 Å². The highest BCUT2D eigenvalue weighted by Gasteiger charge is 2.17. The number of hydrogen-bond acceptors (Lipinski definition) is 3. The van der Waals surface area contributed by atoms with Crippen molar-refractivity contribution < 1.29 is 9.72 Å². The van der Waals surface area contributed by atoms with Gasteiger partial charge in [0.15, 0.2) is 0 Å². The minimum Gasteiger partial charge on any atom is -0.352 e. The fourth-order valence-electron chi connectivity index (χ4n) is 1.75. The summed E-state index contributed by atoms with van der Waals surface area (Å²) in [4.78, 5) is 22.2. The summed E-state index contributed by atoms with van der Waals surface area (Å²) in [7, 11) is 0. The number of amides is 1. The lowest BCUT2D eigenvalue weighted by Gasteiger charge is -2.08. The van der Waals surface area contributed by atoms with Crippen LogP contribution in [0.5, 0.6) is 0 Å². The van der Waals surface area contributed by atoms with Crippen LogP contribution in [-0.2, 0) is 0 Å². The minimum atomic E-state index is -0.485. The van der Waals surface area contributed by atoms with Gasteiger partial charge in [-0.25, -0.2) is 0 Å². The molecular weight excluding hydrogens is 268 g/mol. The van der Waals surface area contributed by atoms with Gasteiger partial charge in [-0.05, 0) is 32.8 Å². The predicted octanol–water partition coefficient (Wildman–Crippen LogP) is 3.04. The van der Waals surface area contributed by atoms with Crippen molar-refractivity contribution in [1.29, 1.82) is 0 Å². The second-order valence-electron chi connectivity index (χ2n) is 4.39. The maximum Gasteiger partial charge on any atom is 0.273 e. The van der Waals surface area contributed by atoms with E-state index in [0.29, 0.717) is 17.7 Å². The van der Waals surface area contributed by atoms with Crippen LogP contribution in [0.3, 0.4) is 0 Å². The second kappa shape index (κ2) is 7.09. The number of halogens is 1. The molecule has 0 spiro atoms. The summed E-state index contributed by atoms with van der Waals surface area (Å²) in [5.74, 6) is -0.288. The third-order valence-electron chi connectivity index (χ3n) is 2.81. The second-order valence-corrected chi connectivity index (χ2v) is 5.13. The average Bonchev–Trinajstić information content (AvgIpc) is 2.34. The maximum absolute atomic E-state index is 11.9. The van der Waals surface area contributed by atoms with Crippen LogP contribution in [0.15, 0.2) is 18.2 Å². The maximum atomic E-state index is 11.9. The summed E-state index contributed by atoms with van der Waals surface area (Å²) in [5.41, 5.74) is 0.686. The molecule has 0 fully saturated rings. The topological polar surface area (TPSA) is 72.2 Å². The third-order valence-corrected chi connectivity index (χ3v) is 3.03. The van der Waals surface area contributed by atoms with E-state index in [4.69, 9.17) is 11.6 Å². The first-order chi connectivity index (χ1) is 8.93. The molecule has 0 aliphatic rings. The van der Waals surface area contributed by atoms with Crippen LogP contribution in [0, 0.1) is 17.0 Å². The first-order valence-electron chi connectivity index (χ1n) is 6.09. The first kappa shape index (κ1) is 15.4. The molecule has 1 unspecified atom stereocenters. The fraction of sp³-hybridized carbons (Fsp3) is 0.462. The van der Waals surface area contributed by atoms with Crippen molar-refractivity contribution in [1.82, 2.24) is 5.32 Å². The Morgan fingerprint density at radius 2 is 2.21 bits per heavy atom. The molecule has 5 nitrogen and oxygen atoms in total. The number of benzene rings is 1. The average molecular weight is 285 g/mol. The van der Waals surface area contributed by atoms with Crippen LogP contribution < -0.4 is 5.32 Å². The van der Waals surface area contributed by atoms with Gasteiger partial charge >= 0.3 is 0 Å². The number of nitro benzene ring substituents is 1. The van der Waals surface area contributed by atoms with Gasteiger partial charge in [0, 0.05) is 29.1 Å². The van der Waals surface area contributed by atoms with E-state index in [1.165, 1.54) is 12.1 Å². The van der Waals surface area contributed by atoms with Gasteiger partial charge < -0.3 is 5.32 Å². The summed E-state index contributed by atoms with van der Waals surface area (Å²) in [5, 5.41) is 13.6. The first-order valence-corrected chi connectivity index (χ1v) is 6.53. The molecule has 104 valence electrons. The van der Waals surface area contributed by atoms with Crippen LogP contribution >= 0.6 is 11.6 Å². The van der Waals surface area contributed by atoms with Gasteiger partial charge in [0.25, 0.3) is 11.6 Å². The quantitative estimate of drug-likeness (QED) is 0.378. The highest BCUT2D eigenvalue weighted by molar-refractivity contribution is 6.20. The zero-order valence-electron chi connectivity index (χ0n) is 11.0. The summed E-state index contributed by atoms with van der Waals surface area (Å²) in [6.45, 7) is 3.99. The van der Waals surface area contributed by atoms with Crippen molar-refractivity contribution in [2.24, 2.45) is 0 Å². The van der Waals surface area contributed by atoms with Crippen molar-refractivity contribution in [3.05, 3.63) is 39.4 Å². The van der Waals surface area contributed by atoms with Gasteiger partial charge in [-0.15, -0.1) is 11.6 Å². The molecule has 19 heavy (non-hydrogen) atoms. The molecule has 0 aromatic heterocycles. The number of rotatable bonds is 6. The van der Waals surface area contributed by atoms with Crippen LogP contribution in [0.25, 0.3) is 0 Å². The Morgan fingerprint density at radius 3 is 2.79 bits per heavy atom. The number of carbonyl (C=O) groups excluding carboxylic acids is 1. The Morgan fingerprint density at radius 1 is 1.53 bits per heavy atom. The molecule has 0 bridgehead atoms. The molecule has 1 rings (SSSR count). The molecule has 0 aliphatic carbocycles. The molecule has 1 N–H and O–H groups in total. The molecule has 0 saturated heterocycles. The van der Waals surface area contributed by atoms with Crippen molar-refractivity contribution in [3.8, 4) is 0 Å². The number of alkyl halides is 1. The van der Waals surface area contributed by atoms with E-state index in [1.54, 1.807) is 13.0 Å². The van der Waals surface area contributed by atoms with Crippen molar-refractivity contribution in [2.75, 3.05) is 6.54 Å². The summed E-state index contributed by atoms with van der Waals surface area (Å²) < 4.78 is 0. The molecule has 0 radical (unpaired) electrons. The Bertz CT molecular complexity index is 475. The number of nitro groups is 1. The lowest BCUT2D eigenvalue weighted by molar-refractivity contribution is -0.385. The molecular formula is C13H17ClN2O3. The largest absolute Gasteiger partial charge is 0.352 e. The Labute approximate surface area is 117 Å². The van der Waals surface area contributed by atoms with Crippen LogP contribution in [-0.4, -0.2) is 22.8 Å². The van der Waals surface area contributed by atoms with Crippen molar-refractivity contribution in [2.45, 2.75) is 32.1 Å². The zero-order valence-corrected chi connectivity index (χ0v) is 11.7. The number of nitrogens with one attached hydrogen (secondary N) is 1. The number of nitrogens with zero attached hydrogens (tertiary/aromatic N) is 1. The van der Waals surface area contributed by atoms with Gasteiger partial charge in [-0.3, -0.25) is 14.9 Å². The standard InChI is InChI=1S/C13H17ClN2O3/c1-9(14)5-4-8-15-13(17)11-6-3-7-12(10(11)2)16(18)19/h3,6-7,9H,4-5,8H2,1-2H3,(H,15,17). The number of hydrogen-bond donors (Lipinski definition) is 1. The van der Waals surface area contributed by atoms with Gasteiger partial charge in [-0.2, -0.15) is 0 Å². The summed E-state index contributed by atoms with van der Waals surface area (Å²) in [6, 6.07) is 4.49. The molecule has 1 amide bonds. The molecule has 6 heteroatoms. The Balaban J connectivity index is 2.67. The van der Waals surface area contributed by atoms with Crippen molar-refractivity contribution in [3.63, 3.8) is 0 Å². The van der Waals surface area contributed by atoms with Crippen molar-refractivity contribution >= 4 is 23.2 Å². The Hall–Kier alpha value is -1.62. The van der Waals surface area contributed by atoms with Gasteiger partial charge in [0.2, 0.25) is 0 Å². The zero-order chi connectivity index (χ0) is 14.4. The molecule has 1 atom stereocenters. The third kappa shape index (κ3) is 4.52. The molecule has 0 saturated carbocycles. The highest BCUT2D eigenvalue weighted by Crippen LogP contribution is 2.20. The smallest absolute Gasteiger partial charge is 0.273 e. The van der Waals surface area contributed by atoms with E-state index >= 15 is 0 Å². The predicted molar refractivity (Wildman–Crippen MR) is 74.7 cm³/mol. The van der Waals surface area contributed by atoms with E-state index < -0.39 is 4.92 Å². The SMILES string of the molecule is Cc1c(C(=O)NCCCC(C)Cl)cccc1[N+](=O)[O-]. The normalized spacial score (nSPS) is 11.9. The van der Waals surface area contributed by atoms with E-state index in [2.05, 4.69) is 5.32 Å². The van der Waals surface area contributed by atoms with Gasteiger partial charge in [-0.1, -0.05) is 6.07 Å². The molecule has 0 aliphatic heterocycles. The lowest BCUT2D eigenvalue weighted by atomic mass is 10.1. The van der Waals surface area contributed by atoms with E-state index in [0.717, 1.165) is 12.8 Å². The van der Waals surface area contributed by atoms with E-state index in [-0.39, 0.29) is 17.0 Å². The number of carbonyl (C=O) groups is 1. The molecule has 1 aromatic rings. The molecule has 0 heterocycles. The van der Waals surface area contributed by atoms with Gasteiger partial charge in [0.1, 0.15) is 0 Å². The summed E-state index contributed by atoms with van der Waals surface area (Å²) >= 11 is 5.80. The fourth-order valence-corrected chi connectivity index (χ4v) is 1.90. The van der Waals surface area contributed by atoms with Gasteiger partial charge in [0.05, 0.1) is 4.92 Å². The lowest BCUT2D eigenvalue weighted by Crippen LogP contribution is -2.25. The Kier molecular flexibility index (Phi) is 5.76. The molecule has 1 aromatic carbocycles. The highest BCUT2D eigenvalue weighted by atomic mass is 35.5. The summed E-state index contributed by atoms with van der Waals surface area (Å²) in [6.07, 6.45) is 1.60. The van der Waals surface area contributed by atoms with E-state index in [9.17, 15) is 14.9 Å².